The monoisotopic (exact) mass is 284 g/mol. The number of nitriles is 1. The number of benzene rings is 1. The molecule has 0 amide bonds. The maximum atomic E-state index is 9.32. The molecule has 1 aromatic rings. The minimum absolute atomic E-state index is 0.0138. The van der Waals surface area contributed by atoms with E-state index in [4.69, 9.17) is 10.5 Å². The lowest BCUT2D eigenvalue weighted by atomic mass is 9.60. The Balaban J connectivity index is 2.16. The number of fused-ring (bicyclic) bond motifs is 4. The number of hydrogen-bond donors (Lipinski definition) is 1. The molecule has 3 heteroatoms. The molecule has 1 saturated carbocycles. The normalized spacial score (nSPS) is 31.5. The van der Waals surface area contributed by atoms with Crippen molar-refractivity contribution >= 4 is 0 Å². The summed E-state index contributed by atoms with van der Waals surface area (Å²) in [5, 5.41) is 9.32. The van der Waals surface area contributed by atoms with Gasteiger partial charge in [-0.25, -0.2) is 0 Å². The molecule has 1 aromatic carbocycles. The minimum atomic E-state index is 0.0138. The second kappa shape index (κ2) is 5.35. The smallest absolute Gasteiger partial charge is 0.136 e. The Bertz CT molecular complexity index is 590. The second-order valence-electron chi connectivity index (χ2n) is 6.83. The van der Waals surface area contributed by atoms with Crippen molar-refractivity contribution in [3.8, 4) is 11.8 Å². The van der Waals surface area contributed by atoms with E-state index in [1.807, 2.05) is 6.07 Å². The summed E-state index contributed by atoms with van der Waals surface area (Å²) < 4.78 is 5.41. The van der Waals surface area contributed by atoms with E-state index in [1.54, 1.807) is 7.11 Å². The number of methoxy groups -OCH3 is 1. The number of hydrogen-bond acceptors (Lipinski definition) is 3. The van der Waals surface area contributed by atoms with Crippen molar-refractivity contribution in [3.63, 3.8) is 0 Å². The predicted octanol–water partition coefficient (Wildman–Crippen LogP) is 3.29. The molecule has 0 saturated heterocycles. The molecule has 0 aromatic heterocycles. The van der Waals surface area contributed by atoms with E-state index in [0.29, 0.717) is 17.2 Å². The Hall–Kier alpha value is -1.53. The van der Waals surface area contributed by atoms with Gasteiger partial charge in [0.15, 0.2) is 0 Å². The summed E-state index contributed by atoms with van der Waals surface area (Å²) in [7, 11) is 1.63. The third kappa shape index (κ3) is 2.22. The van der Waals surface area contributed by atoms with Crippen LogP contribution in [0.25, 0.3) is 0 Å². The Morgan fingerprint density at radius 3 is 2.86 bits per heavy atom. The van der Waals surface area contributed by atoms with Gasteiger partial charge >= 0.3 is 0 Å². The topological polar surface area (TPSA) is 59.0 Å². The number of nitrogens with zero attached hydrogens (tertiary/aromatic N) is 1. The summed E-state index contributed by atoms with van der Waals surface area (Å²) in [5.41, 5.74) is 9.93. The van der Waals surface area contributed by atoms with Gasteiger partial charge in [0.1, 0.15) is 11.8 Å². The average molecular weight is 284 g/mol. The van der Waals surface area contributed by atoms with E-state index in [0.717, 1.165) is 12.8 Å². The summed E-state index contributed by atoms with van der Waals surface area (Å²) >= 11 is 0. The van der Waals surface area contributed by atoms with E-state index >= 15 is 0 Å². The van der Waals surface area contributed by atoms with Gasteiger partial charge in [-0.1, -0.05) is 26.2 Å². The fourth-order valence-corrected chi connectivity index (χ4v) is 4.35. The van der Waals surface area contributed by atoms with Gasteiger partial charge in [-0.15, -0.1) is 0 Å². The van der Waals surface area contributed by atoms with Crippen molar-refractivity contribution in [1.29, 1.82) is 5.26 Å². The molecule has 0 heterocycles. The van der Waals surface area contributed by atoms with Gasteiger partial charge in [0.05, 0.1) is 12.7 Å². The largest absolute Gasteiger partial charge is 0.495 e. The lowest BCUT2D eigenvalue weighted by molar-refractivity contribution is 0.201. The molecule has 3 unspecified atom stereocenters. The van der Waals surface area contributed by atoms with Crippen molar-refractivity contribution in [2.45, 2.75) is 56.9 Å². The van der Waals surface area contributed by atoms with Crippen LogP contribution in [0.5, 0.6) is 5.75 Å². The summed E-state index contributed by atoms with van der Waals surface area (Å²) in [4.78, 5) is 0. The van der Waals surface area contributed by atoms with E-state index in [2.05, 4.69) is 19.1 Å². The highest BCUT2D eigenvalue weighted by molar-refractivity contribution is 5.53. The summed E-state index contributed by atoms with van der Waals surface area (Å²) in [6.45, 7) is 2.31. The fourth-order valence-electron chi connectivity index (χ4n) is 4.35. The molecule has 3 atom stereocenters. The third-order valence-electron chi connectivity index (χ3n) is 5.66. The quantitative estimate of drug-likeness (QED) is 0.861. The molecule has 3 nitrogen and oxygen atoms in total. The van der Waals surface area contributed by atoms with E-state index in [-0.39, 0.29) is 11.5 Å². The highest BCUT2D eigenvalue weighted by atomic mass is 16.5. The lowest BCUT2D eigenvalue weighted by Gasteiger charge is -2.47. The molecule has 3 rings (SSSR count). The molecule has 2 aliphatic carbocycles. The number of rotatable bonds is 1. The van der Waals surface area contributed by atoms with Crippen LogP contribution >= 0.6 is 0 Å². The molecule has 112 valence electrons. The number of ether oxygens (including phenoxy) is 1. The van der Waals surface area contributed by atoms with Crippen LogP contribution in [0.1, 0.15) is 55.7 Å². The van der Waals surface area contributed by atoms with Crippen LogP contribution in [0.4, 0.5) is 0 Å². The van der Waals surface area contributed by atoms with Crippen molar-refractivity contribution in [3.05, 3.63) is 28.8 Å². The van der Waals surface area contributed by atoms with Crippen molar-refractivity contribution in [2.75, 3.05) is 7.11 Å². The first-order valence-electron chi connectivity index (χ1n) is 7.97. The van der Waals surface area contributed by atoms with Crippen molar-refractivity contribution in [2.24, 2.45) is 11.7 Å². The van der Waals surface area contributed by atoms with Crippen LogP contribution in [0, 0.1) is 17.2 Å². The molecular weight excluding hydrogens is 260 g/mol. The first-order chi connectivity index (χ1) is 10.1. The molecule has 0 spiro atoms. The van der Waals surface area contributed by atoms with Crippen LogP contribution in [-0.4, -0.2) is 13.2 Å². The van der Waals surface area contributed by atoms with Crippen LogP contribution in [-0.2, 0) is 11.8 Å². The fraction of sp³-hybridized carbons (Fsp3) is 0.611. The maximum absolute atomic E-state index is 9.32. The van der Waals surface area contributed by atoms with Crippen LogP contribution in [0.15, 0.2) is 12.1 Å². The first kappa shape index (κ1) is 14.4. The third-order valence-corrected chi connectivity index (χ3v) is 5.66. The van der Waals surface area contributed by atoms with Crippen LogP contribution < -0.4 is 10.5 Å². The van der Waals surface area contributed by atoms with Gasteiger partial charge in [0.25, 0.3) is 0 Å². The van der Waals surface area contributed by atoms with Gasteiger partial charge in [-0.3, -0.25) is 0 Å². The molecule has 0 aliphatic heterocycles. The SMILES string of the molecule is COc1cc2c(cc1C#N)CC1CCCCCC2(C)C1N. The highest BCUT2D eigenvalue weighted by Crippen LogP contribution is 2.47. The van der Waals surface area contributed by atoms with E-state index in [1.165, 1.54) is 36.8 Å². The average Bonchev–Trinajstić information content (AvgIpc) is 2.50. The zero-order chi connectivity index (χ0) is 15.0. The van der Waals surface area contributed by atoms with Crippen LogP contribution in [0.3, 0.4) is 0 Å². The lowest BCUT2D eigenvalue weighted by Crippen LogP contribution is -2.52. The molecule has 2 bridgehead atoms. The molecular formula is C18H24N2O. The van der Waals surface area contributed by atoms with E-state index in [9.17, 15) is 5.26 Å². The van der Waals surface area contributed by atoms with Gasteiger partial charge in [-0.05, 0) is 48.4 Å². The zero-order valence-electron chi connectivity index (χ0n) is 13.0. The molecule has 21 heavy (non-hydrogen) atoms. The summed E-state index contributed by atoms with van der Waals surface area (Å²) in [6, 6.07) is 6.58. The van der Waals surface area contributed by atoms with Crippen LogP contribution in [0.2, 0.25) is 0 Å². The zero-order valence-corrected chi connectivity index (χ0v) is 13.0. The van der Waals surface area contributed by atoms with Gasteiger partial charge < -0.3 is 10.5 Å². The van der Waals surface area contributed by atoms with Gasteiger partial charge in [-0.2, -0.15) is 5.26 Å². The molecule has 1 fully saturated rings. The van der Waals surface area contributed by atoms with E-state index < -0.39 is 0 Å². The summed E-state index contributed by atoms with van der Waals surface area (Å²) in [6.07, 6.45) is 7.17. The highest BCUT2D eigenvalue weighted by Gasteiger charge is 2.44. The molecule has 2 aliphatic rings. The number of nitrogens with two attached hydrogens (primary N) is 1. The molecule has 2 N–H and O–H groups in total. The maximum Gasteiger partial charge on any atom is 0.136 e. The molecule has 0 radical (unpaired) electrons. The second-order valence-corrected chi connectivity index (χ2v) is 6.83. The standard InChI is InChI=1S/C18H24N2O/c1-18-7-5-3-4-6-12(17(18)20)8-13-9-14(11-19)16(21-2)10-15(13)18/h9-10,12,17H,3-8,20H2,1-2H3. The first-order valence-corrected chi connectivity index (χ1v) is 7.97. The van der Waals surface area contributed by atoms with Gasteiger partial charge in [0.2, 0.25) is 0 Å². The Labute approximate surface area is 127 Å². The Morgan fingerprint density at radius 2 is 2.14 bits per heavy atom. The van der Waals surface area contributed by atoms with Gasteiger partial charge in [0, 0.05) is 11.5 Å². The van der Waals surface area contributed by atoms with Crippen molar-refractivity contribution in [1.82, 2.24) is 0 Å². The summed E-state index contributed by atoms with van der Waals surface area (Å²) in [5.74, 6) is 1.23. The predicted molar refractivity (Wildman–Crippen MR) is 83.3 cm³/mol. The minimum Gasteiger partial charge on any atom is -0.495 e. The Morgan fingerprint density at radius 1 is 1.33 bits per heavy atom. The Kier molecular flexibility index (Phi) is 3.67. The van der Waals surface area contributed by atoms with Crippen molar-refractivity contribution < 1.29 is 4.74 Å².